The number of aliphatic hydroxyl groups is 1. The van der Waals surface area contributed by atoms with Crippen molar-refractivity contribution in [2.24, 2.45) is 0 Å². The van der Waals surface area contributed by atoms with Crippen molar-refractivity contribution in [3.63, 3.8) is 0 Å². The van der Waals surface area contributed by atoms with Crippen molar-refractivity contribution in [2.75, 3.05) is 13.1 Å². The molecule has 1 amide bonds. The lowest BCUT2D eigenvalue weighted by Gasteiger charge is -2.40. The van der Waals surface area contributed by atoms with Gasteiger partial charge in [-0.05, 0) is 49.4 Å². The minimum absolute atomic E-state index is 0.109. The summed E-state index contributed by atoms with van der Waals surface area (Å²) in [5.74, 6) is 0.109. The molecular formula is C23H27N3O2. The monoisotopic (exact) mass is 377 g/mol. The molecule has 1 aliphatic rings. The van der Waals surface area contributed by atoms with Gasteiger partial charge in [-0.15, -0.1) is 0 Å². The second-order valence-corrected chi connectivity index (χ2v) is 7.74. The van der Waals surface area contributed by atoms with Crippen molar-refractivity contribution in [1.29, 1.82) is 0 Å². The number of nitrogens with zero attached hydrogens (tertiary/aromatic N) is 3. The molecule has 0 bridgehead atoms. The van der Waals surface area contributed by atoms with Gasteiger partial charge in [0.25, 0.3) is 0 Å². The molecule has 5 nitrogen and oxygen atoms in total. The van der Waals surface area contributed by atoms with Crippen molar-refractivity contribution in [3.05, 3.63) is 66.0 Å². The average molecular weight is 377 g/mol. The Morgan fingerprint density at radius 3 is 2.54 bits per heavy atom. The highest BCUT2D eigenvalue weighted by Gasteiger charge is 2.37. The molecule has 2 aromatic carbocycles. The average Bonchev–Trinajstić information content (AvgIpc) is 3.13. The number of carbonyl (C=O) groups is 1. The highest BCUT2D eigenvalue weighted by molar-refractivity contribution is 5.84. The number of aromatic nitrogens is 2. The van der Waals surface area contributed by atoms with E-state index in [4.69, 9.17) is 0 Å². The first-order valence-corrected chi connectivity index (χ1v) is 10.0. The number of aryl methyl sites for hydroxylation is 1. The van der Waals surface area contributed by atoms with E-state index in [1.54, 1.807) is 6.33 Å². The maximum atomic E-state index is 13.3. The Morgan fingerprint density at radius 1 is 1.14 bits per heavy atom. The van der Waals surface area contributed by atoms with Gasteiger partial charge in [0.05, 0.1) is 23.0 Å². The molecule has 0 spiro atoms. The zero-order chi connectivity index (χ0) is 19.7. The van der Waals surface area contributed by atoms with Crippen LogP contribution in [0.5, 0.6) is 0 Å². The van der Waals surface area contributed by atoms with Crippen molar-refractivity contribution >= 4 is 16.9 Å². The minimum atomic E-state index is -0.856. The molecular weight excluding hydrogens is 350 g/mol. The number of likely N-dealkylation sites (tertiary alicyclic amines) is 1. The summed E-state index contributed by atoms with van der Waals surface area (Å²) in [7, 11) is 0. The molecule has 0 saturated carbocycles. The summed E-state index contributed by atoms with van der Waals surface area (Å²) in [5, 5.41) is 11.2. The lowest BCUT2D eigenvalue weighted by atomic mass is 9.82. The standard InChI is InChI=1S/C23H27N3O2/c1-3-20(26-16-24-19-10-6-7-11-21(19)26)22(27)25-14-12-23(28,13-15-25)18-9-5-4-8-17(18)2/h4-11,16,20,28H,3,12-15H2,1-2H3/t20-/m0/s1. The van der Waals surface area contributed by atoms with Crippen LogP contribution in [0.1, 0.15) is 43.4 Å². The van der Waals surface area contributed by atoms with Gasteiger partial charge < -0.3 is 14.6 Å². The van der Waals surface area contributed by atoms with Crippen LogP contribution in [0.25, 0.3) is 11.0 Å². The van der Waals surface area contributed by atoms with E-state index < -0.39 is 5.60 Å². The summed E-state index contributed by atoms with van der Waals surface area (Å²) < 4.78 is 1.99. The van der Waals surface area contributed by atoms with Crippen molar-refractivity contribution in [1.82, 2.24) is 14.5 Å². The second-order valence-electron chi connectivity index (χ2n) is 7.74. The SMILES string of the molecule is CC[C@@H](C(=O)N1CCC(O)(c2ccccc2C)CC1)n1cnc2ccccc21. The fourth-order valence-electron chi connectivity index (χ4n) is 4.39. The van der Waals surface area contributed by atoms with Crippen LogP contribution in [-0.2, 0) is 10.4 Å². The predicted octanol–water partition coefficient (Wildman–Crippen LogP) is 3.81. The predicted molar refractivity (Wildman–Crippen MR) is 110 cm³/mol. The van der Waals surface area contributed by atoms with Crippen LogP contribution in [0, 0.1) is 6.92 Å². The molecule has 1 fully saturated rings. The first-order chi connectivity index (χ1) is 13.5. The van der Waals surface area contributed by atoms with Gasteiger partial charge in [-0.3, -0.25) is 4.79 Å². The number of imidazole rings is 1. The molecule has 4 rings (SSSR count). The number of carbonyl (C=O) groups excluding carboxylic acids is 1. The number of fused-ring (bicyclic) bond motifs is 1. The van der Waals surface area contributed by atoms with E-state index in [2.05, 4.69) is 4.98 Å². The van der Waals surface area contributed by atoms with E-state index in [9.17, 15) is 9.90 Å². The smallest absolute Gasteiger partial charge is 0.245 e. The Kier molecular flexibility index (Phi) is 4.94. The number of amides is 1. The van der Waals surface area contributed by atoms with Gasteiger partial charge in [-0.25, -0.2) is 4.98 Å². The lowest BCUT2D eigenvalue weighted by molar-refractivity contribution is -0.139. The number of benzene rings is 2. The lowest BCUT2D eigenvalue weighted by Crippen LogP contribution is -2.47. The Hall–Kier alpha value is -2.66. The summed E-state index contributed by atoms with van der Waals surface area (Å²) in [6, 6.07) is 15.6. The van der Waals surface area contributed by atoms with E-state index in [1.165, 1.54) is 0 Å². The van der Waals surface area contributed by atoms with Gasteiger partial charge in [0.15, 0.2) is 0 Å². The van der Waals surface area contributed by atoms with E-state index in [0.717, 1.165) is 22.2 Å². The molecule has 1 aromatic heterocycles. The van der Waals surface area contributed by atoms with Gasteiger partial charge in [-0.1, -0.05) is 43.3 Å². The summed E-state index contributed by atoms with van der Waals surface area (Å²) in [6.07, 6.45) is 3.59. The number of piperidine rings is 1. The van der Waals surface area contributed by atoms with Crippen LogP contribution in [0.15, 0.2) is 54.9 Å². The molecule has 3 aromatic rings. The first kappa shape index (κ1) is 18.7. The third kappa shape index (κ3) is 3.20. The Bertz CT molecular complexity index is 986. The molecule has 0 aliphatic carbocycles. The zero-order valence-electron chi connectivity index (χ0n) is 16.5. The van der Waals surface area contributed by atoms with Crippen LogP contribution >= 0.6 is 0 Å². The van der Waals surface area contributed by atoms with E-state index in [-0.39, 0.29) is 11.9 Å². The molecule has 2 heterocycles. The van der Waals surface area contributed by atoms with E-state index >= 15 is 0 Å². The zero-order valence-corrected chi connectivity index (χ0v) is 16.5. The molecule has 1 aliphatic heterocycles. The number of hydrogen-bond acceptors (Lipinski definition) is 3. The first-order valence-electron chi connectivity index (χ1n) is 10.0. The van der Waals surface area contributed by atoms with Gasteiger partial charge in [0.1, 0.15) is 6.04 Å². The highest BCUT2D eigenvalue weighted by atomic mass is 16.3. The molecule has 28 heavy (non-hydrogen) atoms. The van der Waals surface area contributed by atoms with Gasteiger partial charge in [-0.2, -0.15) is 0 Å². The van der Waals surface area contributed by atoms with E-state index in [0.29, 0.717) is 32.4 Å². The van der Waals surface area contributed by atoms with Crippen LogP contribution in [0.4, 0.5) is 0 Å². The fraction of sp³-hybridized carbons (Fsp3) is 0.391. The highest BCUT2D eigenvalue weighted by Crippen LogP contribution is 2.35. The quantitative estimate of drug-likeness (QED) is 0.752. The van der Waals surface area contributed by atoms with Crippen LogP contribution < -0.4 is 0 Å². The third-order valence-electron chi connectivity index (χ3n) is 6.04. The molecule has 0 unspecified atom stereocenters. The van der Waals surface area contributed by atoms with Gasteiger partial charge in [0, 0.05) is 13.1 Å². The molecule has 5 heteroatoms. The Balaban J connectivity index is 1.52. The number of para-hydroxylation sites is 2. The normalized spacial score (nSPS) is 17.6. The molecule has 1 atom stereocenters. The number of hydrogen-bond donors (Lipinski definition) is 1. The van der Waals surface area contributed by atoms with Gasteiger partial charge >= 0.3 is 0 Å². The molecule has 146 valence electrons. The summed E-state index contributed by atoms with van der Waals surface area (Å²) in [5.41, 5.74) is 3.11. The summed E-state index contributed by atoms with van der Waals surface area (Å²) in [6.45, 7) is 5.19. The third-order valence-corrected chi connectivity index (χ3v) is 6.04. The minimum Gasteiger partial charge on any atom is -0.385 e. The maximum Gasteiger partial charge on any atom is 0.245 e. The van der Waals surface area contributed by atoms with Crippen LogP contribution in [0.2, 0.25) is 0 Å². The second kappa shape index (κ2) is 7.40. The van der Waals surface area contributed by atoms with Crippen LogP contribution in [-0.4, -0.2) is 38.6 Å². The van der Waals surface area contributed by atoms with E-state index in [1.807, 2.05) is 71.8 Å². The van der Waals surface area contributed by atoms with Gasteiger partial charge in [0.2, 0.25) is 5.91 Å². The van der Waals surface area contributed by atoms with Crippen molar-refractivity contribution in [3.8, 4) is 0 Å². The Morgan fingerprint density at radius 2 is 1.82 bits per heavy atom. The van der Waals surface area contributed by atoms with Crippen molar-refractivity contribution < 1.29 is 9.90 Å². The fourth-order valence-corrected chi connectivity index (χ4v) is 4.39. The summed E-state index contributed by atoms with van der Waals surface area (Å²) >= 11 is 0. The molecule has 0 radical (unpaired) electrons. The molecule has 1 saturated heterocycles. The topological polar surface area (TPSA) is 58.4 Å². The summed E-state index contributed by atoms with van der Waals surface area (Å²) in [4.78, 5) is 19.6. The Labute approximate surface area is 165 Å². The molecule has 1 N–H and O–H groups in total. The van der Waals surface area contributed by atoms with Crippen LogP contribution in [0.3, 0.4) is 0 Å². The van der Waals surface area contributed by atoms with Crippen molar-refractivity contribution in [2.45, 2.75) is 44.8 Å². The largest absolute Gasteiger partial charge is 0.385 e. The number of rotatable bonds is 4. The maximum absolute atomic E-state index is 13.3.